The molecule has 0 saturated heterocycles. The Balaban J connectivity index is 1.26. The molecular weight excluding hydrogens is 524 g/mol. The average Bonchev–Trinajstić information content (AvgIpc) is 3.63. The van der Waals surface area contributed by atoms with Crippen LogP contribution in [-0.2, 0) is 12.0 Å². The lowest BCUT2D eigenvalue weighted by atomic mass is 9.83. The molecular formula is C40H28N2O. The van der Waals surface area contributed by atoms with Gasteiger partial charge in [0.15, 0.2) is 0 Å². The molecule has 1 aliphatic carbocycles. The van der Waals surface area contributed by atoms with Gasteiger partial charge in [-0.1, -0.05) is 97.1 Å². The van der Waals surface area contributed by atoms with Crippen LogP contribution in [0.3, 0.4) is 0 Å². The number of rotatable bonds is 4. The zero-order chi connectivity index (χ0) is 29.1. The number of furan rings is 1. The molecule has 43 heavy (non-hydrogen) atoms. The lowest BCUT2D eigenvalue weighted by Gasteiger charge is -2.27. The normalized spacial score (nSPS) is 13.4. The van der Waals surface area contributed by atoms with Crippen LogP contribution >= 0.6 is 0 Å². The summed E-state index contributed by atoms with van der Waals surface area (Å²) >= 11 is 0. The Hall–Kier alpha value is -5.43. The molecule has 6 aromatic carbocycles. The predicted molar refractivity (Wildman–Crippen MR) is 175 cm³/mol. The topological polar surface area (TPSA) is 63.0 Å². The Morgan fingerprint density at radius 2 is 1.37 bits per heavy atom. The van der Waals surface area contributed by atoms with E-state index in [-0.39, 0.29) is 0 Å². The lowest BCUT2D eigenvalue weighted by molar-refractivity contribution is 0.603. The van der Waals surface area contributed by atoms with E-state index in [1.807, 2.05) is 49.4 Å². The number of fused-ring (bicyclic) bond motifs is 6. The van der Waals surface area contributed by atoms with Crippen molar-refractivity contribution >= 4 is 21.9 Å². The fraction of sp³-hybridized carbons (Fsp3) is 0.0750. The van der Waals surface area contributed by atoms with Gasteiger partial charge >= 0.3 is 0 Å². The van der Waals surface area contributed by atoms with Crippen molar-refractivity contribution < 1.29 is 4.42 Å². The van der Waals surface area contributed by atoms with Crippen molar-refractivity contribution in [1.29, 1.82) is 5.26 Å². The smallest absolute Gasteiger partial charge is 0.143 e. The summed E-state index contributed by atoms with van der Waals surface area (Å²) < 4.78 is 6.67. The third kappa shape index (κ3) is 4.00. The molecule has 0 aliphatic heterocycles. The van der Waals surface area contributed by atoms with Gasteiger partial charge in [-0.05, 0) is 93.7 Å². The fourth-order valence-electron chi connectivity index (χ4n) is 6.71. The molecule has 8 rings (SSSR count). The summed E-state index contributed by atoms with van der Waals surface area (Å²) in [6.07, 6.45) is 0.920. The van der Waals surface area contributed by atoms with Crippen LogP contribution < -0.4 is 5.73 Å². The Bertz CT molecular complexity index is 2250. The number of benzene rings is 6. The quantitative estimate of drug-likeness (QED) is 0.236. The van der Waals surface area contributed by atoms with E-state index < -0.39 is 5.54 Å². The van der Waals surface area contributed by atoms with Crippen molar-refractivity contribution in [2.24, 2.45) is 5.73 Å². The number of para-hydroxylation sites is 1. The van der Waals surface area contributed by atoms with Crippen molar-refractivity contribution in [2.45, 2.75) is 18.9 Å². The van der Waals surface area contributed by atoms with Crippen LogP contribution in [0.4, 0.5) is 0 Å². The molecule has 0 radical (unpaired) electrons. The van der Waals surface area contributed by atoms with Gasteiger partial charge in [-0.2, -0.15) is 5.26 Å². The summed E-state index contributed by atoms with van der Waals surface area (Å²) in [6.45, 7) is 1.99. The van der Waals surface area contributed by atoms with Gasteiger partial charge in [-0.3, -0.25) is 0 Å². The van der Waals surface area contributed by atoms with Crippen LogP contribution in [0.15, 0.2) is 132 Å². The van der Waals surface area contributed by atoms with Crippen LogP contribution in [0.2, 0.25) is 0 Å². The van der Waals surface area contributed by atoms with Crippen LogP contribution in [0.1, 0.15) is 34.7 Å². The minimum atomic E-state index is -0.753. The monoisotopic (exact) mass is 552 g/mol. The van der Waals surface area contributed by atoms with E-state index in [4.69, 9.17) is 10.2 Å². The first-order valence-corrected chi connectivity index (χ1v) is 14.6. The van der Waals surface area contributed by atoms with E-state index in [2.05, 4.69) is 91.0 Å². The number of hydrogen-bond donors (Lipinski definition) is 1. The first-order valence-electron chi connectivity index (χ1n) is 14.6. The van der Waals surface area contributed by atoms with Gasteiger partial charge in [0.1, 0.15) is 11.2 Å². The summed E-state index contributed by atoms with van der Waals surface area (Å²) in [6, 6.07) is 46.2. The Kier molecular flexibility index (Phi) is 5.62. The summed E-state index contributed by atoms with van der Waals surface area (Å²) in [7, 11) is 0. The molecule has 0 spiro atoms. The number of nitrogens with zero attached hydrogens (tertiary/aromatic N) is 1. The van der Waals surface area contributed by atoms with Crippen molar-refractivity contribution in [2.75, 3.05) is 0 Å². The average molecular weight is 553 g/mol. The van der Waals surface area contributed by atoms with Gasteiger partial charge in [0.05, 0.1) is 17.2 Å². The fourth-order valence-corrected chi connectivity index (χ4v) is 6.71. The largest absolute Gasteiger partial charge is 0.455 e. The van der Waals surface area contributed by atoms with Gasteiger partial charge in [0, 0.05) is 16.3 Å². The van der Waals surface area contributed by atoms with Crippen LogP contribution in [0, 0.1) is 11.3 Å². The second-order valence-electron chi connectivity index (χ2n) is 11.6. The third-order valence-electron chi connectivity index (χ3n) is 9.01. The molecule has 1 aliphatic rings. The highest BCUT2D eigenvalue weighted by molar-refractivity contribution is 6.11. The highest BCUT2D eigenvalue weighted by Crippen LogP contribution is 2.44. The van der Waals surface area contributed by atoms with E-state index >= 15 is 0 Å². The molecule has 1 aromatic heterocycles. The molecule has 0 bridgehead atoms. The Morgan fingerprint density at radius 1 is 0.651 bits per heavy atom. The number of hydrogen-bond acceptors (Lipinski definition) is 3. The first-order chi connectivity index (χ1) is 21.0. The number of nitriles is 1. The van der Waals surface area contributed by atoms with Crippen molar-refractivity contribution in [3.8, 4) is 39.4 Å². The molecule has 204 valence electrons. The SMILES string of the molecule is CC(N)(c1ccccc1)c1cc(C#N)cc(-c2ccc3c(c2)oc2c(-c4cccc5c4Cc4ccccc4-5)cccc23)c1. The molecule has 1 heterocycles. The molecule has 0 saturated carbocycles. The second-order valence-corrected chi connectivity index (χ2v) is 11.6. The van der Waals surface area contributed by atoms with Crippen LogP contribution in [0.25, 0.3) is 55.3 Å². The molecule has 1 unspecified atom stereocenters. The van der Waals surface area contributed by atoms with Crippen LogP contribution in [-0.4, -0.2) is 0 Å². The first kappa shape index (κ1) is 25.3. The minimum Gasteiger partial charge on any atom is -0.455 e. The van der Waals surface area contributed by atoms with Crippen molar-refractivity contribution in [1.82, 2.24) is 0 Å². The summed E-state index contributed by atoms with van der Waals surface area (Å²) in [4.78, 5) is 0. The van der Waals surface area contributed by atoms with E-state index in [9.17, 15) is 5.26 Å². The lowest BCUT2D eigenvalue weighted by Crippen LogP contribution is -2.34. The highest BCUT2D eigenvalue weighted by atomic mass is 16.3. The third-order valence-corrected chi connectivity index (χ3v) is 9.01. The molecule has 0 fully saturated rings. The molecule has 1 atom stereocenters. The molecule has 2 N–H and O–H groups in total. The zero-order valence-corrected chi connectivity index (χ0v) is 23.8. The summed E-state index contributed by atoms with van der Waals surface area (Å²) in [5, 5.41) is 12.1. The van der Waals surface area contributed by atoms with Crippen molar-refractivity contribution in [3.63, 3.8) is 0 Å². The molecule has 0 amide bonds. The van der Waals surface area contributed by atoms with Gasteiger partial charge in [0.25, 0.3) is 0 Å². The van der Waals surface area contributed by atoms with E-state index in [0.29, 0.717) is 5.56 Å². The minimum absolute atomic E-state index is 0.575. The zero-order valence-electron chi connectivity index (χ0n) is 23.8. The predicted octanol–water partition coefficient (Wildman–Crippen LogP) is 9.59. The van der Waals surface area contributed by atoms with Gasteiger partial charge in [-0.25, -0.2) is 0 Å². The number of nitrogens with two attached hydrogens (primary N) is 1. The van der Waals surface area contributed by atoms with Gasteiger partial charge < -0.3 is 10.2 Å². The van der Waals surface area contributed by atoms with E-state index in [1.54, 1.807) is 0 Å². The van der Waals surface area contributed by atoms with E-state index in [0.717, 1.165) is 56.2 Å². The molecule has 3 heteroatoms. The Morgan fingerprint density at radius 3 is 2.21 bits per heavy atom. The summed E-state index contributed by atoms with van der Waals surface area (Å²) in [5.74, 6) is 0. The summed E-state index contributed by atoms with van der Waals surface area (Å²) in [5.41, 5.74) is 19.9. The van der Waals surface area contributed by atoms with Gasteiger partial charge in [-0.15, -0.1) is 0 Å². The van der Waals surface area contributed by atoms with E-state index in [1.165, 1.54) is 27.8 Å². The second kappa shape index (κ2) is 9.56. The molecule has 3 nitrogen and oxygen atoms in total. The molecule has 7 aromatic rings. The van der Waals surface area contributed by atoms with Gasteiger partial charge in [0.2, 0.25) is 0 Å². The maximum atomic E-state index is 9.89. The maximum Gasteiger partial charge on any atom is 0.143 e. The maximum absolute atomic E-state index is 9.89. The highest BCUT2D eigenvalue weighted by Gasteiger charge is 2.26. The standard InChI is InChI=1S/C40H28N2O/c1-40(42,29-10-3-2-4-11-29)30-20-25(24-41)19-28(21-30)26-17-18-34-36-16-8-15-35(39(36)43-38(34)23-26)33-14-7-13-32-31-12-6-5-9-27(31)22-37(32)33/h2-21,23H,22,42H2,1H3. The van der Waals surface area contributed by atoms with Crippen molar-refractivity contribution in [3.05, 3.63) is 155 Å². The van der Waals surface area contributed by atoms with Crippen LogP contribution in [0.5, 0.6) is 0 Å². The Labute approximate surface area is 250 Å².